The van der Waals surface area contributed by atoms with Gasteiger partial charge >= 0.3 is 5.97 Å². The Morgan fingerprint density at radius 3 is 2.75 bits per heavy atom. The maximum absolute atomic E-state index is 11.3. The van der Waals surface area contributed by atoms with Crippen molar-refractivity contribution in [3.63, 3.8) is 0 Å². The van der Waals surface area contributed by atoms with Crippen LogP contribution in [0.15, 0.2) is 23.6 Å². The number of benzene rings is 1. The molecular formula is C14H14ClNO3S. The van der Waals surface area contributed by atoms with Gasteiger partial charge in [0.05, 0.1) is 18.4 Å². The fourth-order valence-corrected chi connectivity index (χ4v) is 2.82. The van der Waals surface area contributed by atoms with Crippen molar-refractivity contribution in [3.8, 4) is 16.3 Å². The van der Waals surface area contributed by atoms with Gasteiger partial charge in [-0.05, 0) is 32.0 Å². The lowest BCUT2D eigenvalue weighted by atomic mass is 9.90. The number of carboxylic acid groups (broad SMARTS) is 1. The SMILES string of the molecule is COc1cc(Cl)ccc1-c1nc(C(C)(C)C(=O)O)cs1. The minimum atomic E-state index is -1.02. The van der Waals surface area contributed by atoms with Crippen LogP contribution in [0.5, 0.6) is 5.75 Å². The molecule has 106 valence electrons. The normalized spacial score (nSPS) is 11.4. The molecule has 2 aromatic rings. The van der Waals surface area contributed by atoms with Crippen LogP contribution >= 0.6 is 22.9 Å². The van der Waals surface area contributed by atoms with Crippen LogP contribution in [0.1, 0.15) is 19.5 Å². The number of ether oxygens (including phenoxy) is 1. The van der Waals surface area contributed by atoms with E-state index >= 15 is 0 Å². The molecule has 0 fully saturated rings. The molecule has 2 rings (SSSR count). The predicted octanol–water partition coefficient (Wildman–Crippen LogP) is 3.83. The number of nitrogens with zero attached hydrogens (tertiary/aromatic N) is 1. The van der Waals surface area contributed by atoms with Gasteiger partial charge in [0.1, 0.15) is 16.2 Å². The molecule has 4 nitrogen and oxygen atoms in total. The van der Waals surface area contributed by atoms with Gasteiger partial charge in [0, 0.05) is 10.4 Å². The van der Waals surface area contributed by atoms with E-state index in [0.717, 1.165) is 5.56 Å². The van der Waals surface area contributed by atoms with Gasteiger partial charge in [0.2, 0.25) is 0 Å². The Bertz CT molecular complexity index is 652. The first-order valence-electron chi connectivity index (χ1n) is 5.89. The second-order valence-corrected chi connectivity index (χ2v) is 6.11. The van der Waals surface area contributed by atoms with E-state index < -0.39 is 11.4 Å². The van der Waals surface area contributed by atoms with E-state index in [1.54, 1.807) is 38.5 Å². The summed E-state index contributed by atoms with van der Waals surface area (Å²) in [5.41, 5.74) is 0.311. The van der Waals surface area contributed by atoms with E-state index in [-0.39, 0.29) is 0 Å². The third-order valence-corrected chi connectivity index (χ3v) is 4.18. The minimum Gasteiger partial charge on any atom is -0.496 e. The van der Waals surface area contributed by atoms with Crippen LogP contribution in [0, 0.1) is 0 Å². The van der Waals surface area contributed by atoms with Crippen LogP contribution in [0.3, 0.4) is 0 Å². The molecule has 0 saturated carbocycles. The van der Waals surface area contributed by atoms with Gasteiger partial charge in [0.25, 0.3) is 0 Å². The van der Waals surface area contributed by atoms with Crippen molar-refractivity contribution in [2.24, 2.45) is 0 Å². The Kier molecular flexibility index (Phi) is 4.01. The summed E-state index contributed by atoms with van der Waals surface area (Å²) in [4.78, 5) is 15.7. The highest BCUT2D eigenvalue weighted by Crippen LogP contribution is 2.36. The Morgan fingerprint density at radius 2 is 2.15 bits per heavy atom. The number of thiazole rings is 1. The van der Waals surface area contributed by atoms with E-state index in [4.69, 9.17) is 16.3 Å². The van der Waals surface area contributed by atoms with Gasteiger partial charge in [0.15, 0.2) is 0 Å². The van der Waals surface area contributed by atoms with Crippen molar-refractivity contribution in [1.29, 1.82) is 0 Å². The molecule has 0 bridgehead atoms. The lowest BCUT2D eigenvalue weighted by molar-refractivity contribution is -0.142. The first-order chi connectivity index (χ1) is 9.36. The zero-order valence-electron chi connectivity index (χ0n) is 11.3. The first kappa shape index (κ1) is 14.8. The molecule has 6 heteroatoms. The van der Waals surface area contributed by atoms with Gasteiger partial charge in [-0.2, -0.15) is 0 Å². The Hall–Kier alpha value is -1.59. The van der Waals surface area contributed by atoms with Crippen molar-refractivity contribution >= 4 is 28.9 Å². The summed E-state index contributed by atoms with van der Waals surface area (Å²) < 4.78 is 5.29. The summed E-state index contributed by atoms with van der Waals surface area (Å²) in [6, 6.07) is 5.28. The second-order valence-electron chi connectivity index (χ2n) is 4.81. The summed E-state index contributed by atoms with van der Waals surface area (Å²) >= 11 is 7.31. The van der Waals surface area contributed by atoms with Crippen LogP contribution in [0.4, 0.5) is 0 Å². The van der Waals surface area contributed by atoms with Crippen LogP contribution in [0.25, 0.3) is 10.6 Å². The molecule has 0 radical (unpaired) electrons. The van der Waals surface area contributed by atoms with Crippen molar-refractivity contribution < 1.29 is 14.6 Å². The molecule has 0 amide bonds. The first-order valence-corrected chi connectivity index (χ1v) is 7.15. The van der Waals surface area contributed by atoms with E-state index in [1.807, 2.05) is 6.07 Å². The van der Waals surface area contributed by atoms with E-state index in [9.17, 15) is 9.90 Å². The molecule has 1 N–H and O–H groups in total. The molecule has 20 heavy (non-hydrogen) atoms. The molecule has 0 atom stereocenters. The molecular weight excluding hydrogens is 298 g/mol. The average molecular weight is 312 g/mol. The van der Waals surface area contributed by atoms with Crippen LogP contribution in [-0.2, 0) is 10.2 Å². The number of methoxy groups -OCH3 is 1. The number of aliphatic carboxylic acids is 1. The molecule has 0 aliphatic rings. The van der Waals surface area contributed by atoms with Gasteiger partial charge in [-0.3, -0.25) is 4.79 Å². The van der Waals surface area contributed by atoms with Crippen LogP contribution < -0.4 is 4.74 Å². The standard InChI is InChI=1S/C14H14ClNO3S/c1-14(2,13(17)18)11-7-20-12(16-11)9-5-4-8(15)6-10(9)19-3/h4-7H,1-3H3,(H,17,18). The zero-order chi connectivity index (χ0) is 14.9. The Morgan fingerprint density at radius 1 is 1.45 bits per heavy atom. The third-order valence-electron chi connectivity index (χ3n) is 3.07. The largest absolute Gasteiger partial charge is 0.496 e. The smallest absolute Gasteiger partial charge is 0.315 e. The van der Waals surface area contributed by atoms with Gasteiger partial charge < -0.3 is 9.84 Å². The topological polar surface area (TPSA) is 59.4 Å². The highest BCUT2D eigenvalue weighted by Gasteiger charge is 2.32. The van der Waals surface area contributed by atoms with Gasteiger partial charge in [-0.25, -0.2) is 4.98 Å². The fourth-order valence-electron chi connectivity index (χ4n) is 1.64. The summed E-state index contributed by atoms with van der Waals surface area (Å²) in [5.74, 6) is -0.288. The number of halogens is 1. The number of rotatable bonds is 4. The number of carboxylic acids is 1. The molecule has 1 heterocycles. The maximum Gasteiger partial charge on any atom is 0.315 e. The highest BCUT2D eigenvalue weighted by molar-refractivity contribution is 7.13. The van der Waals surface area contributed by atoms with Gasteiger partial charge in [-0.15, -0.1) is 11.3 Å². The number of hydrogen-bond acceptors (Lipinski definition) is 4. The van der Waals surface area contributed by atoms with Crippen molar-refractivity contribution in [1.82, 2.24) is 4.98 Å². The minimum absolute atomic E-state index is 0.530. The number of aromatic nitrogens is 1. The molecule has 0 aliphatic heterocycles. The van der Waals surface area contributed by atoms with E-state index in [1.165, 1.54) is 11.3 Å². The zero-order valence-corrected chi connectivity index (χ0v) is 12.9. The number of carbonyl (C=O) groups is 1. The summed E-state index contributed by atoms with van der Waals surface area (Å²) in [6.45, 7) is 3.26. The maximum atomic E-state index is 11.3. The monoisotopic (exact) mass is 311 g/mol. The summed E-state index contributed by atoms with van der Waals surface area (Å²) in [5, 5.41) is 12.3. The quantitative estimate of drug-likeness (QED) is 0.932. The number of hydrogen-bond donors (Lipinski definition) is 1. The molecule has 0 saturated heterocycles. The second kappa shape index (κ2) is 5.42. The van der Waals surface area contributed by atoms with E-state index in [2.05, 4.69) is 4.98 Å². The summed E-state index contributed by atoms with van der Waals surface area (Å²) in [7, 11) is 1.56. The molecule has 0 spiro atoms. The van der Waals surface area contributed by atoms with Crippen LogP contribution in [-0.4, -0.2) is 23.2 Å². The van der Waals surface area contributed by atoms with Crippen LogP contribution in [0.2, 0.25) is 5.02 Å². The highest BCUT2D eigenvalue weighted by atomic mass is 35.5. The lowest BCUT2D eigenvalue weighted by Gasteiger charge is -2.15. The molecule has 1 aromatic heterocycles. The molecule has 0 unspecified atom stereocenters. The third kappa shape index (κ3) is 2.64. The van der Waals surface area contributed by atoms with Gasteiger partial charge in [-0.1, -0.05) is 11.6 Å². The van der Waals surface area contributed by atoms with E-state index in [0.29, 0.717) is 21.5 Å². The average Bonchev–Trinajstić information content (AvgIpc) is 2.88. The Balaban J connectivity index is 2.46. The lowest BCUT2D eigenvalue weighted by Crippen LogP contribution is -2.28. The van der Waals surface area contributed by atoms with Crippen molar-refractivity contribution in [3.05, 3.63) is 34.3 Å². The summed E-state index contributed by atoms with van der Waals surface area (Å²) in [6.07, 6.45) is 0. The van der Waals surface area contributed by atoms with Crippen molar-refractivity contribution in [2.45, 2.75) is 19.3 Å². The van der Waals surface area contributed by atoms with Crippen molar-refractivity contribution in [2.75, 3.05) is 7.11 Å². The molecule has 1 aromatic carbocycles. The Labute approximate surface area is 126 Å². The predicted molar refractivity (Wildman–Crippen MR) is 79.8 cm³/mol. The fraction of sp³-hybridized carbons (Fsp3) is 0.286. The molecule has 0 aliphatic carbocycles.